The molecule has 0 saturated carbocycles. The van der Waals surface area contributed by atoms with E-state index in [1.807, 2.05) is 0 Å². The molecule has 1 rings (SSSR count). The van der Waals surface area contributed by atoms with Gasteiger partial charge in [0, 0.05) is 6.15 Å². The van der Waals surface area contributed by atoms with Crippen molar-refractivity contribution in [1.82, 2.24) is 0 Å². The maximum atomic E-state index is 5.29. The molecule has 0 N–H and O–H groups in total. The van der Waals surface area contributed by atoms with Crippen LogP contribution in [0.5, 0.6) is 5.75 Å². The summed E-state index contributed by atoms with van der Waals surface area (Å²) in [4.78, 5) is 0. The quantitative estimate of drug-likeness (QED) is 0.690. The minimum Gasteiger partial charge on any atom is -0.497 e. The van der Waals surface area contributed by atoms with E-state index in [1.165, 1.54) is 30.9 Å². The topological polar surface area (TPSA) is 9.23 Å². The van der Waals surface area contributed by atoms with Gasteiger partial charge < -0.3 is 4.74 Å². The van der Waals surface area contributed by atoms with Gasteiger partial charge in [-0.1, -0.05) is 58.7 Å². The Kier molecular flexibility index (Phi) is 8.07. The summed E-state index contributed by atoms with van der Waals surface area (Å²) in [5, 5.41) is 0.296. The Morgan fingerprint density at radius 2 is 1.40 bits per heavy atom. The first-order chi connectivity index (χ1) is 9.03. The van der Waals surface area contributed by atoms with E-state index in [9.17, 15) is 0 Å². The number of ether oxygens (including phenoxy) is 1. The van der Waals surface area contributed by atoms with Crippen molar-refractivity contribution >= 4 is 6.15 Å². The smallest absolute Gasteiger partial charge is 0.497 e. The fraction of sp³-hybridized carbons (Fsp3) is 0.647. The van der Waals surface area contributed by atoms with Gasteiger partial charge in [0.1, 0.15) is 5.75 Å². The predicted molar refractivity (Wildman–Crippen MR) is 87.8 cm³/mol. The maximum Gasteiger partial charge on any atom is 1.00 e. The molecule has 20 heavy (non-hydrogen) atoms. The molecular weight excluding hydrogens is 238 g/mol. The summed E-state index contributed by atoms with van der Waals surface area (Å²) in [6.45, 7) is 11.9. The Morgan fingerprint density at radius 1 is 0.950 bits per heavy atom. The molecule has 1 aromatic rings. The van der Waals surface area contributed by atoms with Gasteiger partial charge in [0.2, 0.25) is 0 Å². The first kappa shape index (κ1) is 19.7. The Bertz CT molecular complexity index is 378. The van der Waals surface area contributed by atoms with Crippen molar-refractivity contribution in [3.8, 4) is 5.75 Å². The van der Waals surface area contributed by atoms with Gasteiger partial charge in [0.05, 0.1) is 7.11 Å². The normalized spacial score (nSPS) is 14.3. The Labute approximate surface area is 138 Å². The van der Waals surface area contributed by atoms with Crippen molar-refractivity contribution in [1.29, 1.82) is 0 Å². The monoisotopic (exact) mass is 268 g/mol. The van der Waals surface area contributed by atoms with Crippen LogP contribution >= 0.6 is 0 Å². The van der Waals surface area contributed by atoms with Crippen LogP contribution in [0.4, 0.5) is 0 Å². The molecule has 108 valence electrons. The van der Waals surface area contributed by atoms with Crippen LogP contribution in [0.1, 0.15) is 46.6 Å². The number of hydrogen-bond acceptors (Lipinski definition) is 1. The molecule has 0 saturated heterocycles. The molecular formula is C17H30BLiO. The summed E-state index contributed by atoms with van der Waals surface area (Å²) in [5.41, 5.74) is 1.47. The Balaban J connectivity index is 0.00000361. The van der Waals surface area contributed by atoms with Crippen LogP contribution in [-0.4, -0.2) is 13.3 Å². The summed E-state index contributed by atoms with van der Waals surface area (Å²) >= 11 is 0. The molecule has 1 unspecified atom stereocenters. The standard InChI is InChI=1S/C17H30BO.Li/c1-7-17(5,18(8-2,9-3)10-4)15-11-13-16(19-6)14-12-15;/h11-14H,7-10H2,1-6H3;/q-1;+1. The van der Waals surface area contributed by atoms with Crippen molar-refractivity contribution in [2.45, 2.75) is 65.3 Å². The van der Waals surface area contributed by atoms with Crippen LogP contribution < -0.4 is 23.6 Å². The molecule has 0 aromatic heterocycles. The van der Waals surface area contributed by atoms with Gasteiger partial charge in [-0.2, -0.15) is 19.0 Å². The van der Waals surface area contributed by atoms with Crippen LogP contribution in [0.3, 0.4) is 0 Å². The zero-order chi connectivity index (χ0) is 14.5. The second-order valence-electron chi connectivity index (χ2n) is 6.20. The van der Waals surface area contributed by atoms with E-state index in [0.29, 0.717) is 5.31 Å². The minimum absolute atomic E-state index is 0. The van der Waals surface area contributed by atoms with Gasteiger partial charge in [-0.25, -0.2) is 0 Å². The summed E-state index contributed by atoms with van der Waals surface area (Å²) in [6.07, 6.45) is 4.72. The van der Waals surface area contributed by atoms with E-state index < -0.39 is 0 Å². The second-order valence-corrected chi connectivity index (χ2v) is 6.20. The van der Waals surface area contributed by atoms with Gasteiger partial charge in [0.15, 0.2) is 0 Å². The van der Waals surface area contributed by atoms with Crippen LogP contribution in [0.25, 0.3) is 0 Å². The molecule has 0 aliphatic carbocycles. The maximum absolute atomic E-state index is 5.29. The fourth-order valence-electron chi connectivity index (χ4n) is 4.18. The van der Waals surface area contributed by atoms with Crippen LogP contribution in [0.15, 0.2) is 24.3 Å². The van der Waals surface area contributed by atoms with Crippen LogP contribution in [0, 0.1) is 0 Å². The number of benzene rings is 1. The largest absolute Gasteiger partial charge is 1.00 e. The fourth-order valence-corrected chi connectivity index (χ4v) is 4.18. The van der Waals surface area contributed by atoms with E-state index in [2.05, 4.69) is 58.9 Å². The summed E-state index contributed by atoms with van der Waals surface area (Å²) in [5.74, 6) is 0.949. The third-order valence-corrected chi connectivity index (χ3v) is 6.18. The van der Waals surface area contributed by atoms with Gasteiger partial charge in [0.25, 0.3) is 0 Å². The van der Waals surface area contributed by atoms with Crippen molar-refractivity contribution in [3.63, 3.8) is 0 Å². The molecule has 0 aliphatic rings. The van der Waals surface area contributed by atoms with Gasteiger partial charge in [-0.05, 0) is 12.1 Å². The summed E-state index contributed by atoms with van der Waals surface area (Å²) < 4.78 is 5.29. The van der Waals surface area contributed by atoms with Gasteiger partial charge in [-0.3, -0.25) is 0 Å². The zero-order valence-corrected chi connectivity index (χ0v) is 14.6. The van der Waals surface area contributed by atoms with Crippen molar-refractivity contribution in [2.24, 2.45) is 0 Å². The first-order valence-corrected chi connectivity index (χ1v) is 7.88. The molecule has 0 amide bonds. The van der Waals surface area contributed by atoms with Gasteiger partial charge >= 0.3 is 18.9 Å². The summed E-state index contributed by atoms with van der Waals surface area (Å²) in [6, 6.07) is 8.73. The molecule has 0 bridgehead atoms. The minimum atomic E-state index is -0.364. The van der Waals surface area contributed by atoms with Crippen LogP contribution in [0.2, 0.25) is 19.0 Å². The predicted octanol–water partition coefficient (Wildman–Crippen LogP) is 2.41. The number of methoxy groups -OCH3 is 1. The average Bonchev–Trinajstić information content (AvgIpc) is 2.49. The molecule has 3 heteroatoms. The number of rotatable bonds is 7. The SMILES string of the molecule is CC[B-](CC)(CC)C(C)(CC)c1ccc(OC)cc1.[Li+]. The Hall–Kier alpha value is -0.318. The second kappa shape index (κ2) is 8.20. The van der Waals surface area contributed by atoms with E-state index >= 15 is 0 Å². The average molecular weight is 268 g/mol. The number of hydrogen-bond donors (Lipinski definition) is 0. The summed E-state index contributed by atoms with van der Waals surface area (Å²) in [7, 11) is 1.73. The molecule has 1 atom stereocenters. The molecule has 0 fully saturated rings. The van der Waals surface area contributed by atoms with Crippen LogP contribution in [-0.2, 0) is 5.31 Å². The third-order valence-electron chi connectivity index (χ3n) is 6.18. The van der Waals surface area contributed by atoms with Crippen molar-refractivity contribution < 1.29 is 23.6 Å². The van der Waals surface area contributed by atoms with Gasteiger partial charge in [-0.15, -0.1) is 5.31 Å². The molecule has 0 heterocycles. The molecule has 1 aromatic carbocycles. The first-order valence-electron chi connectivity index (χ1n) is 7.88. The molecule has 1 nitrogen and oxygen atoms in total. The zero-order valence-electron chi connectivity index (χ0n) is 14.6. The van der Waals surface area contributed by atoms with Crippen molar-refractivity contribution in [3.05, 3.63) is 29.8 Å². The molecule has 0 aliphatic heterocycles. The van der Waals surface area contributed by atoms with E-state index in [0.717, 1.165) is 5.75 Å². The Morgan fingerprint density at radius 3 is 1.70 bits per heavy atom. The van der Waals surface area contributed by atoms with E-state index in [-0.39, 0.29) is 25.0 Å². The third kappa shape index (κ3) is 3.29. The molecule has 0 spiro atoms. The van der Waals surface area contributed by atoms with Crippen molar-refractivity contribution in [2.75, 3.05) is 7.11 Å². The van der Waals surface area contributed by atoms with E-state index in [1.54, 1.807) is 7.11 Å². The molecule has 0 radical (unpaired) electrons. The van der Waals surface area contributed by atoms with E-state index in [4.69, 9.17) is 4.74 Å².